The van der Waals surface area contributed by atoms with Crippen LogP contribution in [0.15, 0.2) is 30.3 Å². The highest BCUT2D eigenvalue weighted by molar-refractivity contribution is 8.18. The van der Waals surface area contributed by atoms with E-state index in [4.69, 9.17) is 9.47 Å². The van der Waals surface area contributed by atoms with E-state index in [1.165, 1.54) is 23.5 Å². The maximum Gasteiger partial charge on any atom is 0.122 e. The number of carbonyl (C=O) groups excluding carboxylic acids is 1. The third-order valence-electron chi connectivity index (χ3n) is 4.86. The Labute approximate surface area is 153 Å². The largest absolute Gasteiger partial charge is 0.374 e. The summed E-state index contributed by atoms with van der Waals surface area (Å²) in [4.78, 5) is 11.1. The quantitative estimate of drug-likeness (QED) is 0.707. The molecule has 0 bridgehead atoms. The number of carbonyl (C=O) groups is 1. The molecule has 24 heavy (non-hydrogen) atoms. The fourth-order valence-electron chi connectivity index (χ4n) is 3.51. The number of benzene rings is 1. The molecule has 0 aliphatic carbocycles. The van der Waals surface area contributed by atoms with Crippen LogP contribution >= 0.6 is 23.5 Å². The second-order valence-electron chi connectivity index (χ2n) is 6.55. The molecule has 2 saturated heterocycles. The number of ether oxygens (including phenoxy) is 2. The van der Waals surface area contributed by atoms with Gasteiger partial charge in [-0.3, -0.25) is 0 Å². The molecule has 0 aromatic heterocycles. The van der Waals surface area contributed by atoms with Gasteiger partial charge in [0.2, 0.25) is 0 Å². The molecule has 0 unspecified atom stereocenters. The van der Waals surface area contributed by atoms with Gasteiger partial charge < -0.3 is 14.3 Å². The van der Waals surface area contributed by atoms with Gasteiger partial charge in [-0.15, -0.1) is 23.5 Å². The van der Waals surface area contributed by atoms with Crippen LogP contribution < -0.4 is 0 Å². The van der Waals surface area contributed by atoms with Gasteiger partial charge in [-0.1, -0.05) is 37.3 Å². The Hall–Kier alpha value is -0.490. The molecule has 2 aliphatic rings. The van der Waals surface area contributed by atoms with Crippen molar-refractivity contribution in [2.45, 2.75) is 49.1 Å². The van der Waals surface area contributed by atoms with E-state index in [0.717, 1.165) is 12.7 Å². The molecular weight excluding hydrogens is 340 g/mol. The average Bonchev–Trinajstić information content (AvgIpc) is 2.61. The minimum absolute atomic E-state index is 0.0136. The predicted molar refractivity (Wildman–Crippen MR) is 101 cm³/mol. The minimum Gasteiger partial charge on any atom is -0.374 e. The summed E-state index contributed by atoms with van der Waals surface area (Å²) in [5.74, 6) is 2.81. The van der Waals surface area contributed by atoms with Crippen molar-refractivity contribution in [1.82, 2.24) is 0 Å². The van der Waals surface area contributed by atoms with Crippen LogP contribution in [-0.4, -0.2) is 40.7 Å². The third-order valence-corrected chi connectivity index (χ3v) is 8.60. The van der Waals surface area contributed by atoms with Crippen LogP contribution in [0, 0.1) is 5.92 Å². The van der Waals surface area contributed by atoms with E-state index in [0.29, 0.717) is 25.6 Å². The normalized spacial score (nSPS) is 29.5. The Morgan fingerprint density at radius 1 is 1.29 bits per heavy atom. The summed E-state index contributed by atoms with van der Waals surface area (Å²) in [6.07, 6.45) is 3.86. The first-order valence-electron chi connectivity index (χ1n) is 8.72. The average molecular weight is 367 g/mol. The van der Waals surface area contributed by atoms with Crippen molar-refractivity contribution in [2.75, 3.05) is 18.1 Å². The molecule has 132 valence electrons. The first-order valence-corrected chi connectivity index (χ1v) is 10.7. The van der Waals surface area contributed by atoms with Crippen LogP contribution in [0.4, 0.5) is 0 Å². The van der Waals surface area contributed by atoms with Crippen LogP contribution in [0.3, 0.4) is 0 Å². The van der Waals surface area contributed by atoms with Crippen LogP contribution in [0.1, 0.15) is 31.7 Å². The van der Waals surface area contributed by atoms with Gasteiger partial charge >= 0.3 is 0 Å². The molecule has 0 saturated carbocycles. The molecule has 3 nitrogen and oxygen atoms in total. The molecule has 3 atom stereocenters. The predicted octanol–water partition coefficient (Wildman–Crippen LogP) is 4.15. The molecule has 2 aliphatic heterocycles. The molecule has 3 rings (SSSR count). The summed E-state index contributed by atoms with van der Waals surface area (Å²) in [6.45, 7) is 3.46. The number of thioether (sulfide) groups is 2. The van der Waals surface area contributed by atoms with Crippen molar-refractivity contribution in [3.63, 3.8) is 0 Å². The fraction of sp³-hybridized carbons (Fsp3) is 0.632. The lowest BCUT2D eigenvalue weighted by molar-refractivity contribution is -0.127. The van der Waals surface area contributed by atoms with E-state index < -0.39 is 0 Å². The summed E-state index contributed by atoms with van der Waals surface area (Å²) < 4.78 is 12.3. The zero-order valence-electron chi connectivity index (χ0n) is 14.2. The van der Waals surface area contributed by atoms with E-state index >= 15 is 0 Å². The second-order valence-corrected chi connectivity index (χ2v) is 9.66. The molecule has 5 heteroatoms. The van der Waals surface area contributed by atoms with Gasteiger partial charge in [0.1, 0.15) is 6.29 Å². The van der Waals surface area contributed by atoms with Crippen molar-refractivity contribution in [2.24, 2.45) is 5.92 Å². The summed E-state index contributed by atoms with van der Waals surface area (Å²) in [6, 6.07) is 10.2. The van der Waals surface area contributed by atoms with Crippen molar-refractivity contribution in [3.05, 3.63) is 35.9 Å². The van der Waals surface area contributed by atoms with Gasteiger partial charge in [-0.05, 0) is 23.5 Å². The molecule has 1 spiro atoms. The molecular formula is C19H26O3S2. The Morgan fingerprint density at radius 2 is 2.04 bits per heavy atom. The third kappa shape index (κ3) is 4.37. The highest BCUT2D eigenvalue weighted by atomic mass is 32.2. The lowest BCUT2D eigenvalue weighted by Crippen LogP contribution is -2.51. The number of aldehydes is 1. The van der Waals surface area contributed by atoms with E-state index in [1.54, 1.807) is 0 Å². The maximum atomic E-state index is 11.1. The van der Waals surface area contributed by atoms with Gasteiger partial charge in [0.05, 0.1) is 29.5 Å². The van der Waals surface area contributed by atoms with Crippen molar-refractivity contribution < 1.29 is 14.3 Å². The molecule has 2 fully saturated rings. The summed E-state index contributed by atoms with van der Waals surface area (Å²) in [5, 5.41) is 0. The van der Waals surface area contributed by atoms with Crippen LogP contribution in [0.25, 0.3) is 0 Å². The first-order chi connectivity index (χ1) is 11.7. The summed E-state index contributed by atoms with van der Waals surface area (Å²) in [5.41, 5.74) is 1.18. The topological polar surface area (TPSA) is 35.5 Å². The van der Waals surface area contributed by atoms with Crippen LogP contribution in [0.2, 0.25) is 0 Å². The highest BCUT2D eigenvalue weighted by Gasteiger charge is 2.48. The Morgan fingerprint density at radius 3 is 2.75 bits per heavy atom. The van der Waals surface area contributed by atoms with E-state index in [9.17, 15) is 4.79 Å². The van der Waals surface area contributed by atoms with Crippen molar-refractivity contribution >= 4 is 29.8 Å². The van der Waals surface area contributed by atoms with Gasteiger partial charge in [-0.2, -0.15) is 0 Å². The molecule has 0 N–H and O–H groups in total. The van der Waals surface area contributed by atoms with Gasteiger partial charge in [0.15, 0.2) is 0 Å². The van der Waals surface area contributed by atoms with Gasteiger partial charge in [0, 0.05) is 18.8 Å². The van der Waals surface area contributed by atoms with Crippen LogP contribution in [-0.2, 0) is 20.9 Å². The van der Waals surface area contributed by atoms with E-state index in [-0.39, 0.29) is 16.3 Å². The first kappa shape index (κ1) is 18.3. The lowest BCUT2D eigenvalue weighted by Gasteiger charge is -2.50. The molecule has 1 aromatic rings. The van der Waals surface area contributed by atoms with Gasteiger partial charge in [-0.25, -0.2) is 0 Å². The zero-order valence-corrected chi connectivity index (χ0v) is 15.8. The zero-order chi connectivity index (χ0) is 16.8. The standard InChI is InChI=1S/C19H26O3S2/c1-15-18(8-9-20)22-17(12-19(15)23-10-5-11-24-19)14-21-13-16-6-3-2-4-7-16/h2-4,6-7,9,15,17-18H,5,8,10-14H2,1H3/t15-,17+,18-/m1/s1. The summed E-state index contributed by atoms with van der Waals surface area (Å²) in [7, 11) is 0. The molecule has 1 aromatic carbocycles. The van der Waals surface area contributed by atoms with Crippen LogP contribution in [0.5, 0.6) is 0 Å². The van der Waals surface area contributed by atoms with Gasteiger partial charge in [0.25, 0.3) is 0 Å². The fourth-order valence-corrected chi connectivity index (χ4v) is 7.23. The monoisotopic (exact) mass is 366 g/mol. The van der Waals surface area contributed by atoms with Crippen molar-refractivity contribution in [1.29, 1.82) is 0 Å². The smallest absolute Gasteiger partial charge is 0.122 e. The SMILES string of the molecule is C[C@@H]1[C@@H](CC=O)O[C@H](COCc2ccccc2)CC12SCCCS2. The Kier molecular flexibility index (Phi) is 6.67. The second kappa shape index (κ2) is 8.75. The van der Waals surface area contributed by atoms with E-state index in [1.807, 2.05) is 18.2 Å². The maximum absolute atomic E-state index is 11.1. The van der Waals surface area contributed by atoms with E-state index in [2.05, 4.69) is 42.6 Å². The minimum atomic E-state index is 0.0136. The highest BCUT2D eigenvalue weighted by Crippen LogP contribution is 2.54. The number of hydrogen-bond acceptors (Lipinski definition) is 5. The Bertz CT molecular complexity index is 517. The Balaban J connectivity index is 1.60. The molecule has 2 heterocycles. The lowest BCUT2D eigenvalue weighted by atomic mass is 9.90. The van der Waals surface area contributed by atoms with Crippen molar-refractivity contribution in [3.8, 4) is 0 Å². The number of rotatable bonds is 6. The number of hydrogen-bond donors (Lipinski definition) is 0. The molecule has 0 amide bonds. The summed E-state index contributed by atoms with van der Waals surface area (Å²) >= 11 is 4.14. The molecule has 0 radical (unpaired) electrons.